The van der Waals surface area contributed by atoms with Crippen LogP contribution < -0.4 is 14.9 Å². The van der Waals surface area contributed by atoms with Gasteiger partial charge in [-0.1, -0.05) is 30.3 Å². The molecule has 1 saturated heterocycles. The summed E-state index contributed by atoms with van der Waals surface area (Å²) in [6.45, 7) is 1.34. The second-order valence-corrected chi connectivity index (χ2v) is 8.49. The highest BCUT2D eigenvalue weighted by Gasteiger charge is 2.27. The molecule has 36 heavy (non-hydrogen) atoms. The Morgan fingerprint density at radius 2 is 1.75 bits per heavy atom. The maximum Gasteiger partial charge on any atom is 0.253 e. The van der Waals surface area contributed by atoms with Crippen molar-refractivity contribution in [1.29, 1.82) is 0 Å². The number of hydrogen-bond acceptors (Lipinski definition) is 5. The summed E-state index contributed by atoms with van der Waals surface area (Å²) in [5.41, 5.74) is 4.84. The number of carbonyl (C=O) groups is 2. The van der Waals surface area contributed by atoms with Crippen LogP contribution in [0.2, 0.25) is 0 Å². The van der Waals surface area contributed by atoms with E-state index in [2.05, 4.69) is 10.5 Å². The molecule has 0 saturated carbocycles. The number of likely N-dealkylation sites (tertiary alicyclic amines) is 1. The quantitative estimate of drug-likeness (QED) is 0.375. The van der Waals surface area contributed by atoms with E-state index in [-0.39, 0.29) is 23.5 Å². The van der Waals surface area contributed by atoms with Crippen LogP contribution in [0.4, 0.5) is 4.39 Å². The first-order valence-corrected chi connectivity index (χ1v) is 11.8. The van der Waals surface area contributed by atoms with Crippen LogP contribution in [0.1, 0.15) is 34.3 Å². The minimum atomic E-state index is -0.381. The fourth-order valence-corrected chi connectivity index (χ4v) is 4.00. The van der Waals surface area contributed by atoms with Crippen LogP contribution in [0, 0.1) is 11.7 Å². The number of nitrogens with zero attached hydrogens (tertiary/aromatic N) is 2. The summed E-state index contributed by atoms with van der Waals surface area (Å²) >= 11 is 0. The van der Waals surface area contributed by atoms with Crippen molar-refractivity contribution in [1.82, 2.24) is 10.3 Å². The molecule has 3 aromatic carbocycles. The zero-order chi connectivity index (χ0) is 25.3. The number of ether oxygens (including phenoxy) is 2. The fraction of sp³-hybridized carbons (Fsp3) is 0.250. The molecule has 0 bridgehead atoms. The molecule has 1 fully saturated rings. The van der Waals surface area contributed by atoms with Crippen molar-refractivity contribution >= 4 is 18.0 Å². The number of methoxy groups -OCH3 is 1. The first-order valence-electron chi connectivity index (χ1n) is 11.8. The molecule has 0 aromatic heterocycles. The third-order valence-electron chi connectivity index (χ3n) is 6.06. The monoisotopic (exact) mass is 489 g/mol. The molecular weight excluding hydrogens is 461 g/mol. The van der Waals surface area contributed by atoms with Gasteiger partial charge < -0.3 is 14.4 Å². The van der Waals surface area contributed by atoms with Crippen LogP contribution in [0.25, 0.3) is 0 Å². The van der Waals surface area contributed by atoms with E-state index in [9.17, 15) is 14.0 Å². The number of hydrazone groups is 1. The Hall–Kier alpha value is -4.20. The second-order valence-electron chi connectivity index (χ2n) is 8.49. The maximum atomic E-state index is 13.1. The Kier molecular flexibility index (Phi) is 8.28. The average molecular weight is 490 g/mol. The fourth-order valence-electron chi connectivity index (χ4n) is 4.00. The molecule has 4 rings (SSSR count). The van der Waals surface area contributed by atoms with Gasteiger partial charge in [0.25, 0.3) is 5.91 Å². The highest BCUT2D eigenvalue weighted by molar-refractivity contribution is 5.94. The third kappa shape index (κ3) is 6.47. The molecule has 0 aliphatic carbocycles. The lowest BCUT2D eigenvalue weighted by atomic mass is 9.95. The van der Waals surface area contributed by atoms with Crippen molar-refractivity contribution in [3.05, 3.63) is 95.3 Å². The molecule has 8 heteroatoms. The summed E-state index contributed by atoms with van der Waals surface area (Å²) in [7, 11) is 1.57. The summed E-state index contributed by atoms with van der Waals surface area (Å²) in [5.74, 6) is 0.229. The molecule has 7 nitrogen and oxygen atoms in total. The number of amides is 2. The van der Waals surface area contributed by atoms with Crippen LogP contribution in [-0.4, -0.2) is 43.1 Å². The van der Waals surface area contributed by atoms with E-state index < -0.39 is 0 Å². The number of halogens is 1. The highest BCUT2D eigenvalue weighted by atomic mass is 19.1. The van der Waals surface area contributed by atoms with Gasteiger partial charge >= 0.3 is 0 Å². The molecule has 1 aliphatic heterocycles. The standard InChI is InChI=1S/C28H28FN3O4/c1-35-26-17-21(7-12-25(26)36-19-20-5-3-2-4-6-20)18-30-31-27(33)22-13-15-32(16-14-22)28(34)23-8-10-24(29)11-9-23/h2-12,17-18,22H,13-16,19H2,1H3,(H,31,33). The van der Waals surface area contributed by atoms with E-state index in [1.54, 1.807) is 30.4 Å². The molecule has 0 unspecified atom stereocenters. The third-order valence-corrected chi connectivity index (χ3v) is 6.06. The lowest BCUT2D eigenvalue weighted by Gasteiger charge is -2.31. The van der Waals surface area contributed by atoms with Crippen molar-refractivity contribution < 1.29 is 23.5 Å². The number of benzene rings is 3. The average Bonchev–Trinajstić information content (AvgIpc) is 2.93. The zero-order valence-corrected chi connectivity index (χ0v) is 20.0. The van der Waals surface area contributed by atoms with Gasteiger partial charge in [-0.15, -0.1) is 0 Å². The van der Waals surface area contributed by atoms with Crippen LogP contribution in [0.3, 0.4) is 0 Å². The number of hydrogen-bond donors (Lipinski definition) is 1. The van der Waals surface area contributed by atoms with Gasteiger partial charge in [-0.3, -0.25) is 9.59 Å². The van der Waals surface area contributed by atoms with Gasteiger partial charge in [-0.25, -0.2) is 9.82 Å². The Morgan fingerprint density at radius 1 is 1.03 bits per heavy atom. The lowest BCUT2D eigenvalue weighted by molar-refractivity contribution is -0.126. The first kappa shape index (κ1) is 24.9. The predicted molar refractivity (Wildman–Crippen MR) is 135 cm³/mol. The molecule has 0 atom stereocenters. The van der Waals surface area contributed by atoms with Gasteiger partial charge in [0.2, 0.25) is 5.91 Å². The van der Waals surface area contributed by atoms with Gasteiger partial charge in [-0.05, 0) is 66.4 Å². The predicted octanol–water partition coefficient (Wildman–Crippen LogP) is 4.42. The number of nitrogens with one attached hydrogen (secondary N) is 1. The Labute approximate surface area is 209 Å². The summed E-state index contributed by atoms with van der Waals surface area (Å²) in [6, 6.07) is 20.8. The largest absolute Gasteiger partial charge is 0.493 e. The lowest BCUT2D eigenvalue weighted by Crippen LogP contribution is -2.42. The molecule has 1 aliphatic rings. The highest BCUT2D eigenvalue weighted by Crippen LogP contribution is 2.28. The van der Waals surface area contributed by atoms with E-state index in [1.807, 2.05) is 36.4 Å². The summed E-state index contributed by atoms with van der Waals surface area (Å²) in [6.07, 6.45) is 2.62. The van der Waals surface area contributed by atoms with Gasteiger partial charge in [0.15, 0.2) is 11.5 Å². The van der Waals surface area contributed by atoms with E-state index in [1.165, 1.54) is 24.3 Å². The summed E-state index contributed by atoms with van der Waals surface area (Å²) in [4.78, 5) is 26.8. The van der Waals surface area contributed by atoms with Crippen molar-refractivity contribution in [2.45, 2.75) is 19.4 Å². The minimum Gasteiger partial charge on any atom is -0.493 e. The van der Waals surface area contributed by atoms with Crippen molar-refractivity contribution in [3.8, 4) is 11.5 Å². The molecule has 2 amide bonds. The summed E-state index contributed by atoms with van der Waals surface area (Å²) < 4.78 is 24.4. The van der Waals surface area contributed by atoms with Gasteiger partial charge in [-0.2, -0.15) is 5.10 Å². The van der Waals surface area contributed by atoms with Crippen molar-refractivity contribution in [3.63, 3.8) is 0 Å². The number of carbonyl (C=O) groups excluding carboxylic acids is 2. The van der Waals surface area contributed by atoms with Crippen LogP contribution in [0.15, 0.2) is 77.9 Å². The second kappa shape index (κ2) is 12.0. The Bertz CT molecular complexity index is 1210. The molecule has 186 valence electrons. The van der Waals surface area contributed by atoms with Gasteiger partial charge in [0.1, 0.15) is 12.4 Å². The van der Waals surface area contributed by atoms with Crippen molar-refractivity contribution in [2.75, 3.05) is 20.2 Å². The van der Waals surface area contributed by atoms with Crippen LogP contribution >= 0.6 is 0 Å². The van der Waals surface area contributed by atoms with E-state index in [4.69, 9.17) is 9.47 Å². The topological polar surface area (TPSA) is 80.2 Å². The number of rotatable bonds is 8. The molecule has 1 heterocycles. The van der Waals surface area contributed by atoms with E-state index in [0.717, 1.165) is 11.1 Å². The van der Waals surface area contributed by atoms with Gasteiger partial charge in [0.05, 0.1) is 13.3 Å². The number of piperidine rings is 1. The normalized spacial score (nSPS) is 14.0. The molecule has 3 aromatic rings. The molecular formula is C28H28FN3O4. The van der Waals surface area contributed by atoms with Crippen molar-refractivity contribution in [2.24, 2.45) is 11.0 Å². The molecule has 1 N–H and O–H groups in total. The van der Waals surface area contributed by atoms with Gasteiger partial charge in [0, 0.05) is 24.6 Å². The zero-order valence-electron chi connectivity index (χ0n) is 20.0. The Balaban J connectivity index is 1.26. The van der Waals surface area contributed by atoms with E-state index >= 15 is 0 Å². The Morgan fingerprint density at radius 3 is 2.44 bits per heavy atom. The molecule has 0 radical (unpaired) electrons. The first-order chi connectivity index (χ1) is 17.5. The molecule has 0 spiro atoms. The minimum absolute atomic E-state index is 0.156. The smallest absolute Gasteiger partial charge is 0.253 e. The van der Waals surface area contributed by atoms with Crippen LogP contribution in [-0.2, 0) is 11.4 Å². The maximum absolute atomic E-state index is 13.1. The summed E-state index contributed by atoms with van der Waals surface area (Å²) in [5, 5.41) is 4.09. The van der Waals surface area contributed by atoms with E-state index in [0.29, 0.717) is 49.6 Å². The van der Waals surface area contributed by atoms with Crippen LogP contribution in [0.5, 0.6) is 11.5 Å². The SMILES string of the molecule is COc1cc(C=NNC(=O)C2CCN(C(=O)c3ccc(F)cc3)CC2)ccc1OCc1ccccc1.